The number of hydrogen-bond acceptors (Lipinski definition) is 4. The molecule has 0 amide bonds. The van der Waals surface area contributed by atoms with Crippen molar-refractivity contribution in [2.45, 2.75) is 26.2 Å². The fourth-order valence-corrected chi connectivity index (χ4v) is 5.38. The van der Waals surface area contributed by atoms with E-state index in [-0.39, 0.29) is 5.41 Å². The van der Waals surface area contributed by atoms with Gasteiger partial charge in [-0.3, -0.25) is 0 Å². The standard InChI is InChI=1S/C35H27N3O/c1-35(2,3)28-16-9-13-23-21-24(19-20-25(23)28)33-36-32(22-11-5-4-6-12-22)37-34(38-33)27-15-10-18-30-31(27)26-14-7-8-17-29(26)39-30/h4-21H,1-3H3. The van der Waals surface area contributed by atoms with Crippen molar-refractivity contribution in [2.75, 3.05) is 0 Å². The van der Waals surface area contributed by atoms with E-state index in [9.17, 15) is 0 Å². The second-order valence-electron chi connectivity index (χ2n) is 10.9. The Morgan fingerprint density at radius 2 is 1.23 bits per heavy atom. The van der Waals surface area contributed by atoms with Crippen LogP contribution in [0.5, 0.6) is 0 Å². The molecule has 0 bridgehead atoms. The Morgan fingerprint density at radius 1 is 0.538 bits per heavy atom. The quantitative estimate of drug-likeness (QED) is 0.240. The molecule has 7 rings (SSSR count). The Morgan fingerprint density at radius 3 is 2.05 bits per heavy atom. The third kappa shape index (κ3) is 4.05. The van der Waals surface area contributed by atoms with E-state index in [0.717, 1.165) is 38.6 Å². The highest BCUT2D eigenvalue weighted by Gasteiger charge is 2.19. The molecule has 7 aromatic rings. The van der Waals surface area contributed by atoms with Crippen molar-refractivity contribution in [3.05, 3.63) is 115 Å². The molecule has 0 aliphatic rings. The number of benzene rings is 5. The lowest BCUT2D eigenvalue weighted by Gasteiger charge is -2.21. The topological polar surface area (TPSA) is 51.8 Å². The van der Waals surface area contributed by atoms with E-state index in [4.69, 9.17) is 19.4 Å². The van der Waals surface area contributed by atoms with Crippen LogP contribution in [-0.4, -0.2) is 15.0 Å². The van der Waals surface area contributed by atoms with Crippen molar-refractivity contribution in [3.8, 4) is 34.2 Å². The molecule has 0 saturated heterocycles. The normalized spacial score (nSPS) is 12.0. The third-order valence-electron chi connectivity index (χ3n) is 7.26. The van der Waals surface area contributed by atoms with Crippen molar-refractivity contribution in [2.24, 2.45) is 0 Å². The van der Waals surface area contributed by atoms with Crippen LogP contribution in [0.25, 0.3) is 66.9 Å². The zero-order valence-electron chi connectivity index (χ0n) is 22.1. The van der Waals surface area contributed by atoms with E-state index in [1.807, 2.05) is 60.7 Å². The molecule has 4 heteroatoms. The monoisotopic (exact) mass is 505 g/mol. The van der Waals surface area contributed by atoms with E-state index in [2.05, 4.69) is 69.3 Å². The van der Waals surface area contributed by atoms with Gasteiger partial charge in [0.1, 0.15) is 11.2 Å². The van der Waals surface area contributed by atoms with Gasteiger partial charge in [0.2, 0.25) is 0 Å². The van der Waals surface area contributed by atoms with Gasteiger partial charge in [-0.15, -0.1) is 0 Å². The Balaban J connectivity index is 1.48. The molecule has 0 aliphatic heterocycles. The van der Waals surface area contributed by atoms with Crippen molar-refractivity contribution in [3.63, 3.8) is 0 Å². The fraction of sp³-hybridized carbons (Fsp3) is 0.114. The Bertz CT molecular complexity index is 2000. The Labute approximate surface area is 227 Å². The number of fused-ring (bicyclic) bond motifs is 4. The van der Waals surface area contributed by atoms with Crippen molar-refractivity contribution in [1.29, 1.82) is 0 Å². The highest BCUT2D eigenvalue weighted by molar-refractivity contribution is 6.11. The highest BCUT2D eigenvalue weighted by atomic mass is 16.3. The van der Waals surface area contributed by atoms with Crippen LogP contribution in [0.15, 0.2) is 114 Å². The van der Waals surface area contributed by atoms with E-state index >= 15 is 0 Å². The summed E-state index contributed by atoms with van der Waals surface area (Å²) in [5.74, 6) is 1.91. The molecule has 39 heavy (non-hydrogen) atoms. The summed E-state index contributed by atoms with van der Waals surface area (Å²) in [6.45, 7) is 6.75. The van der Waals surface area contributed by atoms with Gasteiger partial charge in [0.15, 0.2) is 17.5 Å². The molecule has 4 nitrogen and oxygen atoms in total. The molecule has 0 radical (unpaired) electrons. The van der Waals surface area contributed by atoms with Crippen LogP contribution in [0.3, 0.4) is 0 Å². The lowest BCUT2D eigenvalue weighted by Crippen LogP contribution is -2.11. The van der Waals surface area contributed by atoms with Gasteiger partial charge in [0.05, 0.1) is 0 Å². The first-order valence-electron chi connectivity index (χ1n) is 13.2. The molecule has 0 fully saturated rings. The van der Waals surface area contributed by atoms with Crippen LogP contribution in [0.1, 0.15) is 26.3 Å². The van der Waals surface area contributed by atoms with Gasteiger partial charge in [-0.05, 0) is 39.9 Å². The molecule has 0 aliphatic carbocycles. The maximum Gasteiger partial charge on any atom is 0.164 e. The van der Waals surface area contributed by atoms with Crippen LogP contribution in [0, 0.1) is 0 Å². The third-order valence-corrected chi connectivity index (χ3v) is 7.26. The summed E-state index contributed by atoms with van der Waals surface area (Å²) in [5.41, 5.74) is 5.87. The summed E-state index contributed by atoms with van der Waals surface area (Å²) in [5, 5.41) is 4.48. The summed E-state index contributed by atoms with van der Waals surface area (Å²) in [4.78, 5) is 15.0. The van der Waals surface area contributed by atoms with Gasteiger partial charge in [0, 0.05) is 27.5 Å². The van der Waals surface area contributed by atoms with Crippen molar-refractivity contribution in [1.82, 2.24) is 15.0 Å². The Kier molecular flexibility index (Phi) is 5.31. The van der Waals surface area contributed by atoms with Gasteiger partial charge in [-0.25, -0.2) is 15.0 Å². The first kappa shape index (κ1) is 23.3. The maximum atomic E-state index is 6.16. The predicted molar refractivity (Wildman–Crippen MR) is 160 cm³/mol. The maximum absolute atomic E-state index is 6.16. The van der Waals surface area contributed by atoms with Crippen molar-refractivity contribution >= 4 is 32.7 Å². The summed E-state index contributed by atoms with van der Waals surface area (Å²) >= 11 is 0. The highest BCUT2D eigenvalue weighted by Crippen LogP contribution is 2.37. The van der Waals surface area contributed by atoms with Crippen LogP contribution in [-0.2, 0) is 5.41 Å². The van der Waals surface area contributed by atoms with Crippen LogP contribution < -0.4 is 0 Å². The molecular weight excluding hydrogens is 478 g/mol. The van der Waals surface area contributed by atoms with E-state index in [1.54, 1.807) is 0 Å². The smallest absolute Gasteiger partial charge is 0.164 e. The fourth-order valence-electron chi connectivity index (χ4n) is 5.38. The SMILES string of the molecule is CC(C)(C)c1cccc2cc(-c3nc(-c4ccccc4)nc(-c4cccc5oc6ccccc6c45)n3)ccc12. The number of nitrogens with zero attached hydrogens (tertiary/aromatic N) is 3. The van der Waals surface area contributed by atoms with E-state index in [1.165, 1.54) is 16.3 Å². The second kappa shape index (κ2) is 8.88. The number of hydrogen-bond donors (Lipinski definition) is 0. The lowest BCUT2D eigenvalue weighted by atomic mass is 9.83. The van der Waals surface area contributed by atoms with Gasteiger partial charge in [0.25, 0.3) is 0 Å². The summed E-state index contributed by atoms with van der Waals surface area (Å²) in [6.07, 6.45) is 0. The Hall–Kier alpha value is -4.83. The van der Waals surface area contributed by atoms with Gasteiger partial charge in [-0.1, -0.05) is 112 Å². The molecule has 2 heterocycles. The average Bonchev–Trinajstić information content (AvgIpc) is 3.35. The molecular formula is C35H27N3O. The molecule has 188 valence electrons. The van der Waals surface area contributed by atoms with E-state index < -0.39 is 0 Å². The van der Waals surface area contributed by atoms with Gasteiger partial charge < -0.3 is 4.42 Å². The first-order valence-corrected chi connectivity index (χ1v) is 13.2. The summed E-state index contributed by atoms with van der Waals surface area (Å²) < 4.78 is 6.16. The summed E-state index contributed by atoms with van der Waals surface area (Å²) in [7, 11) is 0. The minimum atomic E-state index is 0.0495. The van der Waals surface area contributed by atoms with Crippen molar-refractivity contribution < 1.29 is 4.42 Å². The molecule has 2 aromatic heterocycles. The number of aromatic nitrogens is 3. The molecule has 5 aromatic carbocycles. The molecule has 0 unspecified atom stereocenters. The van der Waals surface area contributed by atoms with Crippen LogP contribution in [0.2, 0.25) is 0 Å². The molecule has 0 N–H and O–H groups in total. The van der Waals surface area contributed by atoms with Gasteiger partial charge >= 0.3 is 0 Å². The van der Waals surface area contributed by atoms with Gasteiger partial charge in [-0.2, -0.15) is 0 Å². The molecule has 0 spiro atoms. The number of furan rings is 1. The largest absolute Gasteiger partial charge is 0.456 e. The first-order chi connectivity index (χ1) is 19.0. The second-order valence-corrected chi connectivity index (χ2v) is 10.9. The lowest BCUT2D eigenvalue weighted by molar-refractivity contribution is 0.596. The minimum absolute atomic E-state index is 0.0495. The molecule has 0 saturated carbocycles. The number of rotatable bonds is 3. The van der Waals surface area contributed by atoms with Crippen LogP contribution >= 0.6 is 0 Å². The van der Waals surface area contributed by atoms with E-state index in [0.29, 0.717) is 17.5 Å². The zero-order valence-corrected chi connectivity index (χ0v) is 22.1. The average molecular weight is 506 g/mol. The van der Waals surface area contributed by atoms with Crippen LogP contribution in [0.4, 0.5) is 0 Å². The minimum Gasteiger partial charge on any atom is -0.456 e. The number of para-hydroxylation sites is 1. The molecule has 0 atom stereocenters. The predicted octanol–water partition coefficient (Wildman–Crippen LogP) is 9.22. The summed E-state index contributed by atoms with van der Waals surface area (Å²) in [6, 6.07) is 37.2. The zero-order chi connectivity index (χ0) is 26.6.